The minimum Gasteiger partial charge on any atom is -0.313 e. The summed E-state index contributed by atoms with van der Waals surface area (Å²) in [6.07, 6.45) is 4.59. The Morgan fingerprint density at radius 3 is 2.74 bits per heavy atom. The van der Waals surface area contributed by atoms with Crippen LogP contribution in [0.1, 0.15) is 22.7 Å². The number of nitrogens with zero attached hydrogens (tertiary/aromatic N) is 1. The summed E-state index contributed by atoms with van der Waals surface area (Å²) < 4.78 is 1.01. The van der Waals surface area contributed by atoms with Crippen LogP contribution in [-0.2, 0) is 6.42 Å². The van der Waals surface area contributed by atoms with Crippen LogP contribution in [0.5, 0.6) is 0 Å². The van der Waals surface area contributed by atoms with Crippen molar-refractivity contribution in [2.45, 2.75) is 19.4 Å². The van der Waals surface area contributed by atoms with Crippen molar-refractivity contribution < 1.29 is 0 Å². The van der Waals surface area contributed by atoms with Crippen molar-refractivity contribution in [2.24, 2.45) is 0 Å². The number of nitrogens with one attached hydrogen (secondary N) is 1. The normalized spacial score (nSPS) is 12.4. The number of pyridine rings is 1. The summed E-state index contributed by atoms with van der Waals surface area (Å²) >= 11 is 9.46. The fourth-order valence-electron chi connectivity index (χ4n) is 2.20. The second-order valence-electron chi connectivity index (χ2n) is 4.56. The molecule has 19 heavy (non-hydrogen) atoms. The van der Waals surface area contributed by atoms with Crippen LogP contribution in [0.2, 0.25) is 5.02 Å². The lowest BCUT2D eigenvalue weighted by Crippen LogP contribution is -2.19. The van der Waals surface area contributed by atoms with E-state index >= 15 is 0 Å². The number of hydrogen-bond acceptors (Lipinski definition) is 2. The third kappa shape index (κ3) is 3.78. The Morgan fingerprint density at radius 1 is 1.32 bits per heavy atom. The zero-order valence-corrected chi connectivity index (χ0v) is 13.3. The van der Waals surface area contributed by atoms with Gasteiger partial charge in [-0.05, 0) is 71.2 Å². The second-order valence-corrected chi connectivity index (χ2v) is 5.91. The average molecular weight is 340 g/mol. The molecule has 1 aromatic heterocycles. The summed E-state index contributed by atoms with van der Waals surface area (Å²) in [6, 6.07) is 8.38. The fourth-order valence-corrected chi connectivity index (χ4v) is 2.84. The van der Waals surface area contributed by atoms with Gasteiger partial charge in [-0.1, -0.05) is 17.7 Å². The monoisotopic (exact) mass is 338 g/mol. The summed E-state index contributed by atoms with van der Waals surface area (Å²) in [6.45, 7) is 2.09. The highest BCUT2D eigenvalue weighted by molar-refractivity contribution is 9.10. The number of halogens is 2. The molecule has 0 saturated heterocycles. The summed E-state index contributed by atoms with van der Waals surface area (Å²) in [4.78, 5) is 4.21. The van der Waals surface area contributed by atoms with Crippen molar-refractivity contribution in [1.29, 1.82) is 0 Å². The van der Waals surface area contributed by atoms with Crippen molar-refractivity contribution in [3.05, 3.63) is 62.8 Å². The highest BCUT2D eigenvalue weighted by atomic mass is 79.9. The zero-order chi connectivity index (χ0) is 13.8. The quantitative estimate of drug-likeness (QED) is 0.898. The number of aryl methyl sites for hydroxylation is 1. The zero-order valence-electron chi connectivity index (χ0n) is 11.0. The van der Waals surface area contributed by atoms with Gasteiger partial charge in [0.1, 0.15) is 0 Å². The number of hydrogen-bond donors (Lipinski definition) is 1. The van der Waals surface area contributed by atoms with E-state index in [0.29, 0.717) is 0 Å². The molecule has 100 valence electrons. The molecule has 4 heteroatoms. The molecule has 0 aliphatic heterocycles. The molecule has 1 heterocycles. The molecule has 0 saturated carbocycles. The molecule has 2 rings (SSSR count). The van der Waals surface area contributed by atoms with E-state index in [1.807, 2.05) is 25.4 Å². The summed E-state index contributed by atoms with van der Waals surface area (Å²) in [5.41, 5.74) is 3.67. The maximum atomic E-state index is 6.01. The van der Waals surface area contributed by atoms with Gasteiger partial charge in [-0.25, -0.2) is 0 Å². The van der Waals surface area contributed by atoms with Crippen molar-refractivity contribution >= 4 is 27.5 Å². The molecule has 0 spiro atoms. The van der Waals surface area contributed by atoms with Crippen LogP contribution in [-0.4, -0.2) is 12.0 Å². The van der Waals surface area contributed by atoms with Gasteiger partial charge < -0.3 is 5.32 Å². The first-order valence-electron chi connectivity index (χ1n) is 6.13. The molecule has 0 amide bonds. The van der Waals surface area contributed by atoms with Crippen LogP contribution in [0.15, 0.2) is 41.1 Å². The van der Waals surface area contributed by atoms with Gasteiger partial charge in [0.05, 0.1) is 0 Å². The maximum Gasteiger partial charge on any atom is 0.0410 e. The Labute approximate surface area is 127 Å². The van der Waals surface area contributed by atoms with Crippen molar-refractivity contribution in [2.75, 3.05) is 7.05 Å². The molecular formula is C15H16BrClN2. The highest BCUT2D eigenvalue weighted by Gasteiger charge is 2.13. The molecule has 1 aromatic carbocycles. The van der Waals surface area contributed by atoms with Gasteiger partial charge in [-0.15, -0.1) is 0 Å². The first-order valence-corrected chi connectivity index (χ1v) is 7.30. The topological polar surface area (TPSA) is 24.9 Å². The molecule has 0 aliphatic rings. The lowest BCUT2D eigenvalue weighted by Gasteiger charge is -2.19. The predicted molar refractivity (Wildman–Crippen MR) is 83.6 cm³/mol. The highest BCUT2D eigenvalue weighted by Crippen LogP contribution is 2.24. The molecule has 2 aromatic rings. The van der Waals surface area contributed by atoms with E-state index in [4.69, 9.17) is 11.6 Å². The van der Waals surface area contributed by atoms with E-state index in [1.54, 1.807) is 6.20 Å². The number of benzene rings is 1. The SMILES string of the molecule is CNC(Cc1cncc(Br)c1)c1ccc(Cl)cc1C. The number of aromatic nitrogens is 1. The van der Waals surface area contributed by atoms with Crippen molar-refractivity contribution in [3.63, 3.8) is 0 Å². The fraction of sp³-hybridized carbons (Fsp3) is 0.267. The standard InChI is InChI=1S/C15H16BrClN2/c1-10-5-13(17)3-4-14(10)15(18-2)7-11-6-12(16)9-19-8-11/h3-6,8-9,15,18H,7H2,1-2H3. The van der Waals surface area contributed by atoms with Crippen LogP contribution in [0.4, 0.5) is 0 Å². The minimum absolute atomic E-state index is 0.258. The average Bonchev–Trinajstić information content (AvgIpc) is 2.37. The third-order valence-corrected chi connectivity index (χ3v) is 3.83. The molecule has 1 N–H and O–H groups in total. The van der Waals surface area contributed by atoms with Crippen LogP contribution < -0.4 is 5.32 Å². The lowest BCUT2D eigenvalue weighted by molar-refractivity contribution is 0.588. The molecule has 1 atom stereocenters. The van der Waals surface area contributed by atoms with Crippen LogP contribution in [0.3, 0.4) is 0 Å². The smallest absolute Gasteiger partial charge is 0.0410 e. The minimum atomic E-state index is 0.258. The Hall–Kier alpha value is -0.900. The van der Waals surface area contributed by atoms with Gasteiger partial charge >= 0.3 is 0 Å². The summed E-state index contributed by atoms with van der Waals surface area (Å²) in [7, 11) is 1.98. The largest absolute Gasteiger partial charge is 0.313 e. The lowest BCUT2D eigenvalue weighted by atomic mass is 9.96. The van der Waals surface area contributed by atoms with Gasteiger partial charge in [0.25, 0.3) is 0 Å². The van der Waals surface area contributed by atoms with E-state index in [9.17, 15) is 0 Å². The molecule has 0 bridgehead atoms. The summed E-state index contributed by atoms with van der Waals surface area (Å²) in [5.74, 6) is 0. The Kier molecular flexibility index (Phi) is 4.97. The Bertz CT molecular complexity index is 572. The Balaban J connectivity index is 2.25. The predicted octanol–water partition coefficient (Wildman–Crippen LogP) is 4.31. The molecule has 2 nitrogen and oxygen atoms in total. The molecule has 0 fully saturated rings. The first-order chi connectivity index (χ1) is 9.10. The summed E-state index contributed by atoms with van der Waals surface area (Å²) in [5, 5.41) is 4.14. The van der Waals surface area contributed by atoms with Crippen LogP contribution in [0.25, 0.3) is 0 Å². The van der Waals surface area contributed by atoms with Crippen LogP contribution in [0, 0.1) is 6.92 Å². The van der Waals surface area contributed by atoms with Crippen molar-refractivity contribution in [3.8, 4) is 0 Å². The van der Waals surface area contributed by atoms with Gasteiger partial charge in [0.15, 0.2) is 0 Å². The van der Waals surface area contributed by atoms with E-state index in [2.05, 4.69) is 45.3 Å². The van der Waals surface area contributed by atoms with Gasteiger partial charge in [0.2, 0.25) is 0 Å². The molecule has 1 unspecified atom stereocenters. The van der Waals surface area contributed by atoms with E-state index < -0.39 is 0 Å². The van der Waals surface area contributed by atoms with E-state index in [-0.39, 0.29) is 6.04 Å². The van der Waals surface area contributed by atoms with E-state index in [0.717, 1.165) is 15.9 Å². The maximum absolute atomic E-state index is 6.01. The third-order valence-electron chi connectivity index (χ3n) is 3.16. The molecule has 0 radical (unpaired) electrons. The Morgan fingerprint density at radius 2 is 2.11 bits per heavy atom. The van der Waals surface area contributed by atoms with Crippen LogP contribution >= 0.6 is 27.5 Å². The number of rotatable bonds is 4. The van der Waals surface area contributed by atoms with E-state index in [1.165, 1.54) is 16.7 Å². The van der Waals surface area contributed by atoms with Crippen molar-refractivity contribution in [1.82, 2.24) is 10.3 Å². The first kappa shape index (κ1) is 14.5. The second kappa shape index (κ2) is 6.51. The number of likely N-dealkylation sites (N-methyl/N-ethyl adjacent to an activating group) is 1. The molecular weight excluding hydrogens is 324 g/mol. The van der Waals surface area contributed by atoms with Gasteiger partial charge in [-0.3, -0.25) is 4.98 Å². The van der Waals surface area contributed by atoms with Gasteiger partial charge in [-0.2, -0.15) is 0 Å². The molecule has 0 aliphatic carbocycles. The van der Waals surface area contributed by atoms with Gasteiger partial charge in [0, 0.05) is 27.9 Å².